The van der Waals surface area contributed by atoms with Crippen molar-refractivity contribution in [3.8, 4) is 0 Å². The normalized spacial score (nSPS) is 16.9. The largest absolute Gasteiger partial charge is 0.367 e. The SMILES string of the molecule is CN(C)C(CNc1ncccc1S(=O)(=O)N1CCCCC1)c1ccc(Cl)cc1. The van der Waals surface area contributed by atoms with Crippen molar-refractivity contribution in [2.45, 2.75) is 30.2 Å². The minimum absolute atomic E-state index is 0.0461. The maximum absolute atomic E-state index is 13.1. The quantitative estimate of drug-likeness (QED) is 0.738. The summed E-state index contributed by atoms with van der Waals surface area (Å²) in [6.45, 7) is 1.66. The average Bonchev–Trinajstić information content (AvgIpc) is 2.70. The highest BCUT2D eigenvalue weighted by Crippen LogP contribution is 2.27. The van der Waals surface area contributed by atoms with E-state index in [0.717, 1.165) is 24.8 Å². The van der Waals surface area contributed by atoms with Crippen molar-refractivity contribution in [2.75, 3.05) is 39.0 Å². The number of aromatic nitrogens is 1. The van der Waals surface area contributed by atoms with Gasteiger partial charge < -0.3 is 10.2 Å². The molecule has 1 aromatic heterocycles. The summed E-state index contributed by atoms with van der Waals surface area (Å²) in [6.07, 6.45) is 4.50. The van der Waals surface area contributed by atoms with Gasteiger partial charge in [-0.25, -0.2) is 13.4 Å². The second-order valence-corrected chi connectivity index (χ2v) is 9.57. The minimum atomic E-state index is -3.55. The third kappa shape index (κ3) is 4.84. The average molecular weight is 423 g/mol. The number of hydrogen-bond donors (Lipinski definition) is 1. The fourth-order valence-electron chi connectivity index (χ4n) is 3.45. The van der Waals surface area contributed by atoms with Crippen LogP contribution in [0.15, 0.2) is 47.5 Å². The van der Waals surface area contributed by atoms with Crippen molar-refractivity contribution < 1.29 is 8.42 Å². The van der Waals surface area contributed by atoms with Gasteiger partial charge in [-0.2, -0.15) is 4.31 Å². The Bertz CT molecular complexity index is 881. The number of nitrogens with zero attached hydrogens (tertiary/aromatic N) is 3. The maximum Gasteiger partial charge on any atom is 0.246 e. The predicted molar refractivity (Wildman–Crippen MR) is 113 cm³/mol. The summed E-state index contributed by atoms with van der Waals surface area (Å²) in [7, 11) is 0.428. The lowest BCUT2D eigenvalue weighted by atomic mass is 10.1. The van der Waals surface area contributed by atoms with Crippen molar-refractivity contribution >= 4 is 27.4 Å². The summed E-state index contributed by atoms with van der Waals surface area (Å²) in [5.74, 6) is 0.397. The molecule has 0 bridgehead atoms. The molecule has 1 fully saturated rings. The van der Waals surface area contributed by atoms with Gasteiger partial charge in [-0.05, 0) is 56.8 Å². The lowest BCUT2D eigenvalue weighted by Crippen LogP contribution is -2.36. The molecule has 0 radical (unpaired) electrons. The zero-order valence-corrected chi connectivity index (χ0v) is 17.9. The summed E-state index contributed by atoms with van der Waals surface area (Å²) in [5, 5.41) is 3.95. The summed E-state index contributed by atoms with van der Waals surface area (Å²) >= 11 is 6.00. The van der Waals surface area contributed by atoms with E-state index in [4.69, 9.17) is 11.6 Å². The maximum atomic E-state index is 13.1. The fourth-order valence-corrected chi connectivity index (χ4v) is 5.22. The van der Waals surface area contributed by atoms with E-state index in [2.05, 4.69) is 15.2 Å². The van der Waals surface area contributed by atoms with Gasteiger partial charge in [-0.1, -0.05) is 30.2 Å². The number of pyridine rings is 1. The zero-order chi connectivity index (χ0) is 20.1. The Hall–Kier alpha value is -1.67. The minimum Gasteiger partial charge on any atom is -0.367 e. The first-order valence-electron chi connectivity index (χ1n) is 9.50. The van der Waals surface area contributed by atoms with Gasteiger partial charge in [0.2, 0.25) is 10.0 Å². The standard InChI is InChI=1S/C20H27ClN4O2S/c1-24(2)18(16-8-10-17(21)11-9-16)15-23-20-19(7-6-12-22-20)28(26,27)25-13-4-3-5-14-25/h6-12,18H,3-5,13-15H2,1-2H3,(H,22,23). The van der Waals surface area contributed by atoms with E-state index in [-0.39, 0.29) is 10.9 Å². The molecular formula is C20H27ClN4O2S. The molecule has 8 heteroatoms. The van der Waals surface area contributed by atoms with Crippen LogP contribution < -0.4 is 5.32 Å². The van der Waals surface area contributed by atoms with Gasteiger partial charge >= 0.3 is 0 Å². The Labute approximate surface area is 172 Å². The molecule has 2 aromatic rings. The van der Waals surface area contributed by atoms with E-state index in [1.807, 2.05) is 38.4 Å². The van der Waals surface area contributed by atoms with Crippen molar-refractivity contribution in [1.29, 1.82) is 0 Å². The molecule has 6 nitrogen and oxygen atoms in total. The van der Waals surface area contributed by atoms with Crippen LogP contribution in [0.5, 0.6) is 0 Å². The van der Waals surface area contributed by atoms with Crippen molar-refractivity contribution in [3.05, 3.63) is 53.2 Å². The lowest BCUT2D eigenvalue weighted by molar-refractivity contribution is 0.311. The van der Waals surface area contributed by atoms with E-state index in [9.17, 15) is 8.42 Å². The number of piperidine rings is 1. The van der Waals surface area contributed by atoms with Gasteiger partial charge in [0.25, 0.3) is 0 Å². The van der Waals surface area contributed by atoms with Crippen LogP contribution in [0.25, 0.3) is 0 Å². The topological polar surface area (TPSA) is 65.5 Å². The third-order valence-electron chi connectivity index (χ3n) is 5.04. The van der Waals surface area contributed by atoms with Gasteiger partial charge in [0.15, 0.2) is 0 Å². The molecule has 28 heavy (non-hydrogen) atoms. The first kappa shape index (κ1) is 21.0. The molecule has 3 rings (SSSR count). The monoisotopic (exact) mass is 422 g/mol. The number of benzene rings is 1. The van der Waals surface area contributed by atoms with Gasteiger partial charge in [0.1, 0.15) is 10.7 Å². The molecule has 0 spiro atoms. The van der Waals surface area contributed by atoms with Gasteiger partial charge in [0, 0.05) is 30.9 Å². The van der Waals surface area contributed by atoms with E-state index >= 15 is 0 Å². The highest BCUT2D eigenvalue weighted by atomic mass is 35.5. The third-order valence-corrected chi connectivity index (χ3v) is 7.23. The van der Waals surface area contributed by atoms with Crippen LogP contribution in [0.4, 0.5) is 5.82 Å². The molecule has 0 saturated carbocycles. The first-order chi connectivity index (χ1) is 13.4. The van der Waals surface area contributed by atoms with Crippen molar-refractivity contribution in [2.24, 2.45) is 0 Å². The molecule has 152 valence electrons. The number of anilines is 1. The number of halogens is 1. The molecule has 1 unspecified atom stereocenters. The molecule has 1 aromatic carbocycles. The molecule has 1 aliphatic heterocycles. The second kappa shape index (κ2) is 9.22. The number of sulfonamides is 1. The summed E-state index contributed by atoms with van der Waals surface area (Å²) in [5.41, 5.74) is 1.10. The van der Waals surface area contributed by atoms with Gasteiger partial charge in [-0.3, -0.25) is 0 Å². The highest BCUT2D eigenvalue weighted by molar-refractivity contribution is 7.89. The smallest absolute Gasteiger partial charge is 0.246 e. The Morgan fingerprint density at radius 3 is 2.46 bits per heavy atom. The molecule has 1 saturated heterocycles. The highest BCUT2D eigenvalue weighted by Gasteiger charge is 2.29. The van der Waals surface area contributed by atoms with E-state index in [0.29, 0.717) is 30.5 Å². The van der Waals surface area contributed by atoms with Crippen LogP contribution in [0, 0.1) is 0 Å². The van der Waals surface area contributed by atoms with E-state index in [1.165, 1.54) is 0 Å². The zero-order valence-electron chi connectivity index (χ0n) is 16.3. The summed E-state index contributed by atoms with van der Waals surface area (Å²) < 4.78 is 27.8. The molecule has 0 amide bonds. The molecule has 1 N–H and O–H groups in total. The number of nitrogens with one attached hydrogen (secondary N) is 1. The summed E-state index contributed by atoms with van der Waals surface area (Å²) in [4.78, 5) is 6.64. The van der Waals surface area contributed by atoms with Crippen LogP contribution >= 0.6 is 11.6 Å². The van der Waals surface area contributed by atoms with Crippen LogP contribution in [0.3, 0.4) is 0 Å². The van der Waals surface area contributed by atoms with Gasteiger partial charge in [0.05, 0.1) is 6.04 Å². The first-order valence-corrected chi connectivity index (χ1v) is 11.3. The lowest BCUT2D eigenvalue weighted by Gasteiger charge is -2.28. The van der Waals surface area contributed by atoms with Crippen LogP contribution in [-0.2, 0) is 10.0 Å². The molecular weight excluding hydrogens is 396 g/mol. The van der Waals surface area contributed by atoms with Crippen molar-refractivity contribution in [3.63, 3.8) is 0 Å². The van der Waals surface area contributed by atoms with E-state index < -0.39 is 10.0 Å². The number of likely N-dealkylation sites (N-methyl/N-ethyl adjacent to an activating group) is 1. The van der Waals surface area contributed by atoms with Crippen LogP contribution in [0.2, 0.25) is 5.02 Å². The second-order valence-electron chi connectivity index (χ2n) is 7.23. The summed E-state index contributed by atoms with van der Waals surface area (Å²) in [6, 6.07) is 11.0. The Balaban J connectivity index is 1.81. The van der Waals surface area contributed by atoms with Crippen molar-refractivity contribution in [1.82, 2.24) is 14.2 Å². The Morgan fingerprint density at radius 2 is 1.82 bits per heavy atom. The van der Waals surface area contributed by atoms with Crippen LogP contribution in [0.1, 0.15) is 30.9 Å². The fraction of sp³-hybridized carbons (Fsp3) is 0.450. The molecule has 0 aliphatic carbocycles. The van der Waals surface area contributed by atoms with E-state index in [1.54, 1.807) is 22.6 Å². The molecule has 1 aliphatic rings. The Morgan fingerprint density at radius 1 is 1.14 bits per heavy atom. The predicted octanol–water partition coefficient (Wildman–Crippen LogP) is 3.62. The van der Waals surface area contributed by atoms with Gasteiger partial charge in [-0.15, -0.1) is 0 Å². The number of hydrogen-bond acceptors (Lipinski definition) is 5. The van der Waals surface area contributed by atoms with Crippen LogP contribution in [-0.4, -0.2) is 56.3 Å². The molecule has 2 heterocycles. The Kier molecular flexibility index (Phi) is 6.93. The molecule has 1 atom stereocenters. The number of rotatable bonds is 7.